The van der Waals surface area contributed by atoms with E-state index in [4.69, 9.17) is 0 Å². The molecular weight excluding hydrogens is 284 g/mol. The number of rotatable bonds is 7. The zero-order chi connectivity index (χ0) is 15.2. The first-order valence-corrected chi connectivity index (χ1v) is 8.13. The standard InChI is InChI=1S/C15H22N4OS/c1-4-10-19-14(20)17-18-15(19)21-13-8-6-12(7-9-13)11(3)16-5-2/h6-9,11,16H,4-5,10H2,1-3H3,(H,17,20). The lowest BCUT2D eigenvalue weighted by Crippen LogP contribution is -2.17. The number of hydrogen-bond donors (Lipinski definition) is 2. The fourth-order valence-corrected chi connectivity index (χ4v) is 3.01. The van der Waals surface area contributed by atoms with Crippen molar-refractivity contribution in [3.63, 3.8) is 0 Å². The summed E-state index contributed by atoms with van der Waals surface area (Å²) in [7, 11) is 0. The Kier molecular flexibility index (Phi) is 5.64. The van der Waals surface area contributed by atoms with Crippen LogP contribution in [0.2, 0.25) is 0 Å². The molecule has 114 valence electrons. The number of benzene rings is 1. The Hall–Kier alpha value is -1.53. The fourth-order valence-electron chi connectivity index (χ4n) is 2.16. The average Bonchev–Trinajstić information content (AvgIpc) is 2.82. The Morgan fingerprint density at radius 2 is 2.05 bits per heavy atom. The molecule has 0 aliphatic carbocycles. The van der Waals surface area contributed by atoms with E-state index in [0.29, 0.717) is 17.7 Å². The molecule has 2 aromatic rings. The van der Waals surface area contributed by atoms with E-state index in [1.165, 1.54) is 17.3 Å². The van der Waals surface area contributed by atoms with Gasteiger partial charge in [0, 0.05) is 17.5 Å². The minimum atomic E-state index is -0.142. The Balaban J connectivity index is 2.12. The third-order valence-electron chi connectivity index (χ3n) is 3.27. The van der Waals surface area contributed by atoms with Crippen LogP contribution in [0.3, 0.4) is 0 Å². The van der Waals surface area contributed by atoms with Gasteiger partial charge in [0.25, 0.3) is 0 Å². The second-order valence-corrected chi connectivity index (χ2v) is 5.95. The maximum Gasteiger partial charge on any atom is 0.343 e. The molecule has 1 aromatic heterocycles. The molecule has 0 saturated carbocycles. The molecule has 21 heavy (non-hydrogen) atoms. The van der Waals surface area contributed by atoms with E-state index in [9.17, 15) is 4.79 Å². The first-order valence-electron chi connectivity index (χ1n) is 7.32. The van der Waals surface area contributed by atoms with Crippen LogP contribution in [0, 0.1) is 0 Å². The van der Waals surface area contributed by atoms with Gasteiger partial charge >= 0.3 is 5.69 Å². The van der Waals surface area contributed by atoms with Crippen molar-refractivity contribution in [2.75, 3.05) is 6.54 Å². The van der Waals surface area contributed by atoms with Gasteiger partial charge in [0.05, 0.1) is 0 Å². The van der Waals surface area contributed by atoms with Crippen LogP contribution in [0.5, 0.6) is 0 Å². The van der Waals surface area contributed by atoms with Crippen LogP contribution >= 0.6 is 11.8 Å². The molecule has 0 amide bonds. The maximum atomic E-state index is 11.7. The summed E-state index contributed by atoms with van der Waals surface area (Å²) < 4.78 is 1.68. The van der Waals surface area contributed by atoms with E-state index >= 15 is 0 Å². The van der Waals surface area contributed by atoms with Crippen molar-refractivity contribution in [3.8, 4) is 0 Å². The molecule has 0 radical (unpaired) electrons. The normalized spacial score (nSPS) is 12.5. The van der Waals surface area contributed by atoms with Crippen LogP contribution in [0.4, 0.5) is 0 Å². The first kappa shape index (κ1) is 15.9. The summed E-state index contributed by atoms with van der Waals surface area (Å²) in [5, 5.41) is 10.7. The van der Waals surface area contributed by atoms with Crippen LogP contribution < -0.4 is 11.0 Å². The highest BCUT2D eigenvalue weighted by molar-refractivity contribution is 7.99. The zero-order valence-electron chi connectivity index (χ0n) is 12.7. The summed E-state index contributed by atoms with van der Waals surface area (Å²) in [6.45, 7) is 7.94. The predicted octanol–water partition coefficient (Wildman–Crippen LogP) is 2.80. The van der Waals surface area contributed by atoms with Gasteiger partial charge in [-0.3, -0.25) is 4.57 Å². The molecule has 2 N–H and O–H groups in total. The van der Waals surface area contributed by atoms with E-state index in [2.05, 4.69) is 53.6 Å². The van der Waals surface area contributed by atoms with Crippen LogP contribution in [0.25, 0.3) is 0 Å². The first-order chi connectivity index (χ1) is 10.2. The van der Waals surface area contributed by atoms with Gasteiger partial charge in [-0.1, -0.05) is 26.0 Å². The molecule has 1 heterocycles. The smallest absolute Gasteiger partial charge is 0.310 e. The molecular formula is C15H22N4OS. The molecule has 1 atom stereocenters. The lowest BCUT2D eigenvalue weighted by molar-refractivity contribution is 0.597. The molecule has 1 unspecified atom stereocenters. The van der Waals surface area contributed by atoms with E-state index in [1.807, 2.05) is 6.92 Å². The second kappa shape index (κ2) is 7.47. The summed E-state index contributed by atoms with van der Waals surface area (Å²) in [6.07, 6.45) is 0.909. The quantitative estimate of drug-likeness (QED) is 0.825. The largest absolute Gasteiger partial charge is 0.343 e. The Morgan fingerprint density at radius 3 is 2.67 bits per heavy atom. The number of aromatic amines is 1. The third-order valence-corrected chi connectivity index (χ3v) is 4.27. The highest BCUT2D eigenvalue weighted by Crippen LogP contribution is 2.26. The lowest BCUT2D eigenvalue weighted by atomic mass is 10.1. The van der Waals surface area contributed by atoms with Gasteiger partial charge in [0.1, 0.15) is 0 Å². The average molecular weight is 306 g/mol. The highest BCUT2D eigenvalue weighted by atomic mass is 32.2. The van der Waals surface area contributed by atoms with E-state index in [1.54, 1.807) is 4.57 Å². The van der Waals surface area contributed by atoms with Gasteiger partial charge in [-0.15, -0.1) is 5.10 Å². The van der Waals surface area contributed by atoms with Crippen LogP contribution in [0.1, 0.15) is 38.8 Å². The van der Waals surface area contributed by atoms with Crippen LogP contribution in [0.15, 0.2) is 39.1 Å². The number of aromatic nitrogens is 3. The van der Waals surface area contributed by atoms with E-state index in [0.717, 1.165) is 17.9 Å². The van der Waals surface area contributed by atoms with Gasteiger partial charge < -0.3 is 5.32 Å². The Morgan fingerprint density at radius 1 is 1.33 bits per heavy atom. The number of hydrogen-bond acceptors (Lipinski definition) is 4. The molecule has 0 saturated heterocycles. The molecule has 0 spiro atoms. The minimum Gasteiger partial charge on any atom is -0.310 e. The fraction of sp³-hybridized carbons (Fsp3) is 0.467. The maximum absolute atomic E-state index is 11.7. The molecule has 0 aliphatic rings. The van der Waals surface area contributed by atoms with Gasteiger partial charge in [-0.2, -0.15) is 0 Å². The number of H-pyrrole nitrogens is 1. The summed E-state index contributed by atoms with van der Waals surface area (Å²) in [5.41, 5.74) is 1.12. The molecule has 5 nitrogen and oxygen atoms in total. The second-order valence-electron chi connectivity index (χ2n) is 4.91. The summed E-state index contributed by atoms with van der Waals surface area (Å²) in [5.74, 6) is 0. The van der Waals surface area contributed by atoms with Crippen LogP contribution in [-0.4, -0.2) is 21.3 Å². The third kappa shape index (κ3) is 3.98. The van der Waals surface area contributed by atoms with Crippen molar-refractivity contribution < 1.29 is 0 Å². The van der Waals surface area contributed by atoms with Crippen molar-refractivity contribution in [2.45, 2.75) is 49.8 Å². The minimum absolute atomic E-state index is 0.142. The van der Waals surface area contributed by atoms with Crippen LogP contribution in [-0.2, 0) is 6.54 Å². The zero-order valence-corrected chi connectivity index (χ0v) is 13.5. The van der Waals surface area contributed by atoms with Gasteiger partial charge in [0.15, 0.2) is 5.16 Å². The molecule has 0 bridgehead atoms. The van der Waals surface area contributed by atoms with Gasteiger partial charge in [0.2, 0.25) is 0 Å². The van der Waals surface area contributed by atoms with Crippen molar-refractivity contribution >= 4 is 11.8 Å². The topological polar surface area (TPSA) is 62.7 Å². The van der Waals surface area contributed by atoms with E-state index < -0.39 is 0 Å². The molecule has 1 aromatic carbocycles. The highest BCUT2D eigenvalue weighted by Gasteiger charge is 2.10. The molecule has 2 rings (SSSR count). The van der Waals surface area contributed by atoms with E-state index in [-0.39, 0.29) is 5.69 Å². The SMILES string of the molecule is CCCn1c(Sc2ccc(C(C)NCC)cc2)n[nH]c1=O. The Labute approximate surface area is 129 Å². The monoisotopic (exact) mass is 306 g/mol. The number of nitrogens with one attached hydrogen (secondary N) is 2. The Bertz CT molecular complexity index is 617. The van der Waals surface area contributed by atoms with Gasteiger partial charge in [-0.25, -0.2) is 9.89 Å². The molecule has 0 aliphatic heterocycles. The van der Waals surface area contributed by atoms with Crippen molar-refractivity contribution in [1.82, 2.24) is 20.1 Å². The molecule has 6 heteroatoms. The van der Waals surface area contributed by atoms with Crippen molar-refractivity contribution in [2.24, 2.45) is 0 Å². The lowest BCUT2D eigenvalue weighted by Gasteiger charge is -2.13. The number of nitrogens with zero attached hydrogens (tertiary/aromatic N) is 2. The summed E-state index contributed by atoms with van der Waals surface area (Å²) >= 11 is 1.51. The van der Waals surface area contributed by atoms with Crippen molar-refractivity contribution in [1.29, 1.82) is 0 Å². The predicted molar refractivity (Wildman–Crippen MR) is 85.8 cm³/mol. The van der Waals surface area contributed by atoms with Crippen molar-refractivity contribution in [3.05, 3.63) is 40.3 Å². The van der Waals surface area contributed by atoms with Gasteiger partial charge in [-0.05, 0) is 49.3 Å². The summed E-state index contributed by atoms with van der Waals surface area (Å²) in [6, 6.07) is 8.72. The summed E-state index contributed by atoms with van der Waals surface area (Å²) in [4.78, 5) is 12.7. The molecule has 0 fully saturated rings.